The van der Waals surface area contributed by atoms with Gasteiger partial charge in [0.1, 0.15) is 22.3 Å². The molecule has 0 bridgehead atoms. The lowest BCUT2D eigenvalue weighted by Gasteiger charge is -2.34. The fraction of sp³-hybridized carbons (Fsp3) is 0.286. The summed E-state index contributed by atoms with van der Waals surface area (Å²) in [5.74, 6) is -3.96. The highest BCUT2D eigenvalue weighted by molar-refractivity contribution is 7.90. The summed E-state index contributed by atoms with van der Waals surface area (Å²) >= 11 is 5.91. The number of carbonyl (C=O) groups excluding carboxylic acids is 2. The molecule has 8 nitrogen and oxygen atoms in total. The van der Waals surface area contributed by atoms with Crippen molar-refractivity contribution in [3.63, 3.8) is 0 Å². The molecule has 0 saturated heterocycles. The number of phenolic OH excluding ortho intramolecular Hbond substituents is 1. The number of nitrogens with one attached hydrogen (secondary N) is 1. The molecule has 11 heteroatoms. The number of amides is 1. The lowest BCUT2D eigenvalue weighted by atomic mass is 9.88. The third-order valence-electron chi connectivity index (χ3n) is 5.83. The highest BCUT2D eigenvalue weighted by atomic mass is 35.5. The van der Waals surface area contributed by atoms with Crippen molar-refractivity contribution in [3.8, 4) is 5.75 Å². The van der Waals surface area contributed by atoms with Gasteiger partial charge in [0.05, 0.1) is 16.4 Å². The Morgan fingerprint density at radius 1 is 1.22 bits per heavy atom. The molecule has 0 aromatic heterocycles. The topological polar surface area (TPSA) is 116 Å². The normalized spacial score (nSPS) is 21.5. The summed E-state index contributed by atoms with van der Waals surface area (Å²) < 4.78 is 43.1. The SMILES string of the molecule is O=C1c2cc(F)ccc2N(CCC2CC2)C(=O)C1C1=NS(=O)(=O)c2cc(O)c(Cl)cc2N1. The molecule has 1 atom stereocenters. The smallest absolute Gasteiger partial charge is 0.286 e. The molecule has 1 fully saturated rings. The van der Waals surface area contributed by atoms with E-state index in [1.165, 1.54) is 23.1 Å². The second-order valence-corrected chi connectivity index (χ2v) is 10.0. The van der Waals surface area contributed by atoms with Gasteiger partial charge in [0, 0.05) is 18.2 Å². The first-order valence-electron chi connectivity index (χ1n) is 9.95. The second kappa shape index (κ2) is 7.28. The zero-order chi connectivity index (χ0) is 22.8. The van der Waals surface area contributed by atoms with E-state index in [4.69, 9.17) is 11.6 Å². The van der Waals surface area contributed by atoms with E-state index in [1.807, 2.05) is 0 Å². The molecule has 1 amide bonds. The summed E-state index contributed by atoms with van der Waals surface area (Å²) in [7, 11) is -4.34. The monoisotopic (exact) mass is 477 g/mol. The lowest BCUT2D eigenvalue weighted by molar-refractivity contribution is -0.119. The summed E-state index contributed by atoms with van der Waals surface area (Å²) in [5.41, 5.74) is 0.265. The van der Waals surface area contributed by atoms with E-state index in [0.717, 1.165) is 31.4 Å². The number of rotatable bonds is 4. The van der Waals surface area contributed by atoms with Gasteiger partial charge in [0.25, 0.3) is 10.0 Å². The van der Waals surface area contributed by atoms with Crippen molar-refractivity contribution in [1.29, 1.82) is 0 Å². The quantitative estimate of drug-likeness (QED) is 0.515. The predicted octanol–water partition coefficient (Wildman–Crippen LogP) is 3.34. The summed E-state index contributed by atoms with van der Waals surface area (Å²) in [6, 6.07) is 5.72. The average Bonchev–Trinajstić information content (AvgIpc) is 3.54. The van der Waals surface area contributed by atoms with Crippen LogP contribution >= 0.6 is 11.6 Å². The van der Waals surface area contributed by atoms with Crippen molar-refractivity contribution in [3.05, 3.63) is 46.7 Å². The third kappa shape index (κ3) is 3.43. The minimum Gasteiger partial charge on any atom is -0.506 e. The largest absolute Gasteiger partial charge is 0.506 e. The standard InChI is InChI=1S/C21H17ClFN3O5S/c22-13-8-14-17(9-16(13)27)32(30,31)25-20(24-14)18-19(28)12-7-11(23)3-4-15(12)26(21(18)29)6-5-10-1-2-10/h3-4,7-10,18,27H,1-2,5-6H2,(H,24,25). The molecular weight excluding hydrogens is 461 g/mol. The molecule has 3 aliphatic rings. The van der Waals surface area contributed by atoms with Crippen molar-refractivity contribution >= 4 is 50.5 Å². The molecule has 0 radical (unpaired) electrons. The average molecular weight is 478 g/mol. The number of hydrogen-bond donors (Lipinski definition) is 2. The van der Waals surface area contributed by atoms with Crippen LogP contribution in [0.1, 0.15) is 29.6 Å². The van der Waals surface area contributed by atoms with Gasteiger partial charge in [-0.1, -0.05) is 24.4 Å². The van der Waals surface area contributed by atoms with Gasteiger partial charge in [-0.25, -0.2) is 4.39 Å². The van der Waals surface area contributed by atoms with Gasteiger partial charge in [-0.15, -0.1) is 4.40 Å². The van der Waals surface area contributed by atoms with E-state index in [1.54, 1.807) is 0 Å². The van der Waals surface area contributed by atoms with Crippen LogP contribution in [0.2, 0.25) is 5.02 Å². The first-order valence-corrected chi connectivity index (χ1v) is 11.8. The number of nitrogens with zero attached hydrogens (tertiary/aromatic N) is 2. The maximum absolute atomic E-state index is 14.0. The maximum Gasteiger partial charge on any atom is 0.286 e. The van der Waals surface area contributed by atoms with Gasteiger partial charge in [0.2, 0.25) is 5.91 Å². The fourth-order valence-corrected chi connectivity index (χ4v) is 5.31. The molecule has 2 N–H and O–H groups in total. The van der Waals surface area contributed by atoms with E-state index in [2.05, 4.69) is 9.71 Å². The number of anilines is 2. The van der Waals surface area contributed by atoms with E-state index in [-0.39, 0.29) is 27.0 Å². The summed E-state index contributed by atoms with van der Waals surface area (Å²) in [6.45, 7) is 0.322. The maximum atomic E-state index is 14.0. The molecule has 2 aromatic carbocycles. The Labute approximate surface area is 187 Å². The molecule has 2 heterocycles. The van der Waals surface area contributed by atoms with E-state index >= 15 is 0 Å². The van der Waals surface area contributed by atoms with Crippen molar-refractivity contribution in [2.24, 2.45) is 16.2 Å². The molecule has 1 unspecified atom stereocenters. The van der Waals surface area contributed by atoms with Crippen LogP contribution in [0, 0.1) is 17.7 Å². The van der Waals surface area contributed by atoms with Crippen LogP contribution in [0.4, 0.5) is 15.8 Å². The zero-order valence-electron chi connectivity index (χ0n) is 16.5. The number of amidine groups is 1. The van der Waals surface area contributed by atoms with Crippen LogP contribution in [0.5, 0.6) is 5.75 Å². The Kier molecular flexibility index (Phi) is 4.75. The van der Waals surface area contributed by atoms with E-state index < -0.39 is 39.2 Å². The molecule has 5 rings (SSSR count). The minimum absolute atomic E-state index is 0.0122. The molecule has 0 spiro atoms. The van der Waals surface area contributed by atoms with Gasteiger partial charge < -0.3 is 15.3 Å². The number of aromatic hydroxyl groups is 1. The number of sulfonamides is 1. The van der Waals surface area contributed by atoms with Gasteiger partial charge in [-0.2, -0.15) is 8.42 Å². The number of benzene rings is 2. The molecule has 2 aromatic rings. The Bertz CT molecular complexity index is 1320. The number of carbonyl (C=O) groups is 2. The Morgan fingerprint density at radius 3 is 2.69 bits per heavy atom. The van der Waals surface area contributed by atoms with Crippen LogP contribution in [-0.2, 0) is 14.8 Å². The Balaban J connectivity index is 1.59. The van der Waals surface area contributed by atoms with Crippen LogP contribution in [0.3, 0.4) is 0 Å². The highest BCUT2D eigenvalue weighted by Gasteiger charge is 2.45. The Morgan fingerprint density at radius 2 is 1.97 bits per heavy atom. The van der Waals surface area contributed by atoms with Crippen molar-refractivity contribution in [2.75, 3.05) is 16.8 Å². The Hall–Kier alpha value is -2.98. The molecule has 166 valence electrons. The summed E-state index contributed by atoms with van der Waals surface area (Å²) in [5, 5.41) is 12.4. The van der Waals surface area contributed by atoms with Crippen molar-refractivity contribution in [1.82, 2.24) is 0 Å². The van der Waals surface area contributed by atoms with Crippen molar-refractivity contribution in [2.45, 2.75) is 24.2 Å². The first-order chi connectivity index (χ1) is 15.2. The molecule has 1 saturated carbocycles. The number of halogens is 2. The number of hydrogen-bond acceptors (Lipinski definition) is 6. The van der Waals surface area contributed by atoms with Gasteiger partial charge in [-0.3, -0.25) is 9.59 Å². The van der Waals surface area contributed by atoms with Crippen molar-refractivity contribution < 1.29 is 27.5 Å². The predicted molar refractivity (Wildman–Crippen MR) is 115 cm³/mol. The summed E-state index contributed by atoms with van der Waals surface area (Å²) in [4.78, 5) is 27.7. The zero-order valence-corrected chi connectivity index (χ0v) is 18.1. The van der Waals surface area contributed by atoms with Gasteiger partial charge >= 0.3 is 0 Å². The highest BCUT2D eigenvalue weighted by Crippen LogP contribution is 2.39. The van der Waals surface area contributed by atoms with Crippen LogP contribution in [-0.4, -0.2) is 37.6 Å². The first kappa shape index (κ1) is 20.9. The van der Waals surface area contributed by atoms with Crippen LogP contribution < -0.4 is 10.2 Å². The third-order valence-corrected chi connectivity index (χ3v) is 7.46. The minimum atomic E-state index is -4.34. The number of ketones is 1. The fourth-order valence-electron chi connectivity index (χ4n) is 3.99. The number of fused-ring (bicyclic) bond motifs is 2. The van der Waals surface area contributed by atoms with Gasteiger partial charge in [-0.05, 0) is 36.6 Å². The lowest BCUT2D eigenvalue weighted by Crippen LogP contribution is -2.50. The molecule has 2 aliphatic heterocycles. The molecular formula is C21H17ClFN3O5S. The summed E-state index contributed by atoms with van der Waals surface area (Å²) in [6.07, 6.45) is 2.86. The number of Topliss-reactive ketones (excluding diaryl/α,β-unsaturated/α-hetero) is 1. The molecule has 32 heavy (non-hydrogen) atoms. The number of phenols is 1. The van der Waals surface area contributed by atoms with Crippen LogP contribution in [0.15, 0.2) is 39.6 Å². The second-order valence-electron chi connectivity index (χ2n) is 8.06. The van der Waals surface area contributed by atoms with Gasteiger partial charge in [0.15, 0.2) is 11.7 Å². The van der Waals surface area contributed by atoms with E-state index in [0.29, 0.717) is 18.2 Å². The molecule has 1 aliphatic carbocycles. The van der Waals surface area contributed by atoms with Crippen LogP contribution in [0.25, 0.3) is 0 Å². The van der Waals surface area contributed by atoms with E-state index in [9.17, 15) is 27.5 Å².